The summed E-state index contributed by atoms with van der Waals surface area (Å²) < 4.78 is 22.6. The fraction of sp³-hybridized carbons (Fsp3) is 0.462. The van der Waals surface area contributed by atoms with Crippen molar-refractivity contribution in [2.24, 2.45) is 5.92 Å². The van der Waals surface area contributed by atoms with Crippen molar-refractivity contribution in [1.29, 1.82) is 0 Å². The van der Waals surface area contributed by atoms with Crippen LogP contribution in [-0.4, -0.2) is 40.7 Å². The molecule has 1 rings (SSSR count). The van der Waals surface area contributed by atoms with Gasteiger partial charge < -0.3 is 10.6 Å². The largest absolute Gasteiger partial charge is 0.352 e. The molecule has 19 heavy (non-hydrogen) atoms. The van der Waals surface area contributed by atoms with Gasteiger partial charge in [0.15, 0.2) is 9.84 Å². The monoisotopic (exact) mass is 284 g/mol. The third-order valence-electron chi connectivity index (χ3n) is 2.71. The molecule has 1 aromatic rings. The highest BCUT2D eigenvalue weighted by molar-refractivity contribution is 7.90. The fourth-order valence-corrected chi connectivity index (χ4v) is 2.27. The standard InChI is InChI=1S/C13H20N2O3S/c1-10(8-14-2)9-15-13(16)11-4-6-12(7-5-11)19(3,17)18/h4-7,10,14H,8-9H2,1-3H3,(H,15,16). The molecule has 0 aliphatic heterocycles. The lowest BCUT2D eigenvalue weighted by atomic mass is 10.1. The van der Waals surface area contributed by atoms with Crippen molar-refractivity contribution in [2.45, 2.75) is 11.8 Å². The molecule has 0 aliphatic carbocycles. The van der Waals surface area contributed by atoms with Crippen LogP contribution in [0.2, 0.25) is 0 Å². The van der Waals surface area contributed by atoms with Crippen molar-refractivity contribution in [2.75, 3.05) is 26.4 Å². The molecule has 6 heteroatoms. The molecule has 5 nitrogen and oxygen atoms in total. The molecule has 0 spiro atoms. The van der Waals surface area contributed by atoms with Crippen molar-refractivity contribution in [3.63, 3.8) is 0 Å². The number of sulfone groups is 1. The van der Waals surface area contributed by atoms with Crippen LogP contribution in [0, 0.1) is 5.92 Å². The number of rotatable bonds is 6. The first-order chi connectivity index (χ1) is 8.84. The third kappa shape index (κ3) is 5.00. The Kier molecular flexibility index (Phi) is 5.50. The maximum Gasteiger partial charge on any atom is 0.251 e. The van der Waals surface area contributed by atoms with Gasteiger partial charge >= 0.3 is 0 Å². The van der Waals surface area contributed by atoms with E-state index in [-0.39, 0.29) is 10.8 Å². The molecular weight excluding hydrogens is 264 g/mol. The van der Waals surface area contributed by atoms with E-state index in [9.17, 15) is 13.2 Å². The van der Waals surface area contributed by atoms with Crippen LogP contribution in [0.3, 0.4) is 0 Å². The number of benzene rings is 1. The van der Waals surface area contributed by atoms with Gasteiger partial charge in [-0.1, -0.05) is 6.92 Å². The van der Waals surface area contributed by atoms with E-state index in [0.29, 0.717) is 18.0 Å². The molecule has 0 saturated heterocycles. The first-order valence-corrected chi connectivity index (χ1v) is 7.96. The topological polar surface area (TPSA) is 75.3 Å². The van der Waals surface area contributed by atoms with E-state index in [1.807, 2.05) is 14.0 Å². The molecule has 1 aromatic carbocycles. The van der Waals surface area contributed by atoms with Crippen molar-refractivity contribution in [3.05, 3.63) is 29.8 Å². The fourth-order valence-electron chi connectivity index (χ4n) is 1.64. The van der Waals surface area contributed by atoms with Crippen LogP contribution in [0.5, 0.6) is 0 Å². The van der Waals surface area contributed by atoms with Crippen LogP contribution in [0.25, 0.3) is 0 Å². The number of carbonyl (C=O) groups is 1. The molecule has 106 valence electrons. The van der Waals surface area contributed by atoms with Crippen LogP contribution in [0.1, 0.15) is 17.3 Å². The molecule has 0 heterocycles. The Balaban J connectivity index is 2.64. The smallest absolute Gasteiger partial charge is 0.251 e. The zero-order valence-electron chi connectivity index (χ0n) is 11.4. The molecule has 1 amide bonds. The van der Waals surface area contributed by atoms with Gasteiger partial charge in [-0.15, -0.1) is 0 Å². The number of nitrogens with one attached hydrogen (secondary N) is 2. The predicted molar refractivity (Wildman–Crippen MR) is 75.0 cm³/mol. The maximum absolute atomic E-state index is 11.8. The van der Waals surface area contributed by atoms with Crippen LogP contribution >= 0.6 is 0 Å². The summed E-state index contributed by atoms with van der Waals surface area (Å²) in [7, 11) is -1.35. The minimum absolute atomic E-state index is 0.192. The summed E-state index contributed by atoms with van der Waals surface area (Å²) in [5, 5.41) is 5.85. The number of hydrogen-bond acceptors (Lipinski definition) is 4. The molecule has 1 atom stereocenters. The van der Waals surface area contributed by atoms with Crippen molar-refractivity contribution < 1.29 is 13.2 Å². The van der Waals surface area contributed by atoms with E-state index < -0.39 is 9.84 Å². The Morgan fingerprint density at radius 2 is 1.79 bits per heavy atom. The quantitative estimate of drug-likeness (QED) is 0.805. The highest BCUT2D eigenvalue weighted by atomic mass is 32.2. The van der Waals surface area contributed by atoms with Gasteiger partial charge in [0.05, 0.1) is 4.90 Å². The van der Waals surface area contributed by atoms with Gasteiger partial charge in [-0.2, -0.15) is 0 Å². The minimum atomic E-state index is -3.22. The Morgan fingerprint density at radius 3 is 2.26 bits per heavy atom. The molecule has 0 aromatic heterocycles. The van der Waals surface area contributed by atoms with E-state index >= 15 is 0 Å². The van der Waals surface area contributed by atoms with Gasteiger partial charge in [0, 0.05) is 18.4 Å². The van der Waals surface area contributed by atoms with E-state index in [1.54, 1.807) is 0 Å². The lowest BCUT2D eigenvalue weighted by molar-refractivity contribution is 0.0948. The van der Waals surface area contributed by atoms with Crippen molar-refractivity contribution in [3.8, 4) is 0 Å². The first kappa shape index (κ1) is 15.7. The summed E-state index contributed by atoms with van der Waals surface area (Å²) in [5.41, 5.74) is 0.462. The van der Waals surface area contributed by atoms with Crippen LogP contribution in [0.15, 0.2) is 29.2 Å². The number of amides is 1. The highest BCUT2D eigenvalue weighted by Gasteiger charge is 2.10. The number of carbonyl (C=O) groups excluding carboxylic acids is 1. The molecule has 0 fully saturated rings. The van der Waals surface area contributed by atoms with E-state index in [0.717, 1.165) is 12.8 Å². The van der Waals surface area contributed by atoms with E-state index in [4.69, 9.17) is 0 Å². The van der Waals surface area contributed by atoms with Crippen molar-refractivity contribution in [1.82, 2.24) is 10.6 Å². The highest BCUT2D eigenvalue weighted by Crippen LogP contribution is 2.10. The predicted octanol–water partition coefficient (Wildman–Crippen LogP) is 0.675. The second-order valence-corrected chi connectivity index (χ2v) is 6.69. The van der Waals surface area contributed by atoms with Crippen LogP contribution in [-0.2, 0) is 9.84 Å². The number of hydrogen-bond donors (Lipinski definition) is 2. The zero-order valence-corrected chi connectivity index (χ0v) is 12.3. The first-order valence-electron chi connectivity index (χ1n) is 6.07. The second-order valence-electron chi connectivity index (χ2n) is 4.67. The molecule has 0 saturated carbocycles. The summed E-state index contributed by atoms with van der Waals surface area (Å²) in [6.45, 7) is 3.43. The normalized spacial score (nSPS) is 13.0. The molecule has 1 unspecified atom stereocenters. The van der Waals surface area contributed by atoms with Crippen molar-refractivity contribution >= 4 is 15.7 Å². The molecule has 0 radical (unpaired) electrons. The molecule has 2 N–H and O–H groups in total. The average Bonchev–Trinajstić information content (AvgIpc) is 2.35. The SMILES string of the molecule is CNCC(C)CNC(=O)c1ccc(S(C)(=O)=O)cc1. The zero-order chi connectivity index (χ0) is 14.5. The lowest BCUT2D eigenvalue weighted by Gasteiger charge is -2.12. The molecular formula is C13H20N2O3S. The van der Waals surface area contributed by atoms with Gasteiger partial charge in [-0.05, 0) is 43.8 Å². The average molecular weight is 284 g/mol. The Bertz CT molecular complexity index is 523. The summed E-state index contributed by atoms with van der Waals surface area (Å²) >= 11 is 0. The molecule has 0 bridgehead atoms. The Hall–Kier alpha value is -1.40. The van der Waals surface area contributed by atoms with E-state index in [2.05, 4.69) is 10.6 Å². The van der Waals surface area contributed by atoms with E-state index in [1.165, 1.54) is 24.3 Å². The summed E-state index contributed by atoms with van der Waals surface area (Å²) in [6.07, 6.45) is 1.14. The summed E-state index contributed by atoms with van der Waals surface area (Å²) in [5.74, 6) is 0.146. The Morgan fingerprint density at radius 1 is 1.21 bits per heavy atom. The van der Waals surface area contributed by atoms with Crippen LogP contribution < -0.4 is 10.6 Å². The third-order valence-corrected chi connectivity index (χ3v) is 3.84. The van der Waals surface area contributed by atoms with Gasteiger partial charge in [-0.25, -0.2) is 8.42 Å². The van der Waals surface area contributed by atoms with Gasteiger partial charge in [0.2, 0.25) is 0 Å². The second kappa shape index (κ2) is 6.68. The van der Waals surface area contributed by atoms with Crippen LogP contribution in [0.4, 0.5) is 0 Å². The summed E-state index contributed by atoms with van der Waals surface area (Å²) in [6, 6.07) is 5.94. The summed E-state index contributed by atoms with van der Waals surface area (Å²) in [4.78, 5) is 12.0. The lowest BCUT2D eigenvalue weighted by Crippen LogP contribution is -2.32. The molecule has 0 aliphatic rings. The maximum atomic E-state index is 11.8. The van der Waals surface area contributed by atoms with Gasteiger partial charge in [0.1, 0.15) is 0 Å². The Labute approximate surface area is 114 Å². The van der Waals surface area contributed by atoms with Gasteiger partial charge in [0.25, 0.3) is 5.91 Å². The van der Waals surface area contributed by atoms with Gasteiger partial charge in [-0.3, -0.25) is 4.79 Å². The minimum Gasteiger partial charge on any atom is -0.352 e.